The Morgan fingerprint density at radius 1 is 0.804 bits per heavy atom. The minimum Gasteiger partial charge on any atom is -0.379 e. The number of rotatable bonds is 16. The number of anilines is 1. The molecule has 270 valence electrons. The molecule has 0 spiro atoms. The fourth-order valence-electron chi connectivity index (χ4n) is 3.51. The van der Waals surface area contributed by atoms with Crippen molar-refractivity contribution in [3.63, 3.8) is 0 Å². The van der Waals surface area contributed by atoms with Crippen LogP contribution in [0.15, 0.2) is 59.5 Å². The number of para-hydroxylation sites is 2. The molecule has 2 atom stereocenters. The molecule has 1 N–H and O–H groups in total. The van der Waals surface area contributed by atoms with E-state index in [4.69, 9.17) is 8.92 Å². The molecule has 0 aliphatic heterocycles. The molecule has 0 heterocycles. The average molecular weight is 678 g/mol. The summed E-state index contributed by atoms with van der Waals surface area (Å²) in [6.45, 7) is 6.58. The highest BCUT2D eigenvalue weighted by molar-refractivity contribution is 7.87. The van der Waals surface area contributed by atoms with Crippen molar-refractivity contribution in [1.82, 2.24) is 0 Å². The molecule has 2 aromatic rings. The molecule has 0 saturated heterocycles. The summed E-state index contributed by atoms with van der Waals surface area (Å²) in [5.41, 5.74) is -0.529. The fourth-order valence-corrected chi connectivity index (χ4v) is 4.60. The molecule has 0 bridgehead atoms. The van der Waals surface area contributed by atoms with E-state index in [1.54, 1.807) is 69.5 Å². The van der Waals surface area contributed by atoms with Crippen LogP contribution in [0.1, 0.15) is 110 Å². The molecule has 2 rings (SSSR count). The van der Waals surface area contributed by atoms with E-state index >= 15 is 0 Å². The van der Waals surface area contributed by atoms with Crippen LogP contribution in [-0.2, 0) is 34.0 Å². The Kier molecular flexibility index (Phi) is 33.8. The maximum absolute atomic E-state index is 12.7. The van der Waals surface area contributed by atoms with Gasteiger partial charge in [0.15, 0.2) is 11.6 Å². The van der Waals surface area contributed by atoms with Crippen LogP contribution in [0, 0.1) is 0 Å². The molecule has 1 amide bonds. The van der Waals surface area contributed by atoms with Gasteiger partial charge in [-0.2, -0.15) is 8.42 Å². The number of halogens is 1. The third-order valence-corrected chi connectivity index (χ3v) is 7.87. The van der Waals surface area contributed by atoms with Crippen LogP contribution in [-0.4, -0.2) is 51.8 Å². The van der Waals surface area contributed by atoms with Gasteiger partial charge in [0, 0.05) is 20.6 Å². The summed E-state index contributed by atoms with van der Waals surface area (Å²) in [5, 5.41) is 2.69. The summed E-state index contributed by atoms with van der Waals surface area (Å²) in [7, 11) is -1.02. The van der Waals surface area contributed by atoms with Gasteiger partial charge in [0.05, 0.1) is 5.69 Å². The highest BCUT2D eigenvalue weighted by Crippen LogP contribution is 2.25. The molecule has 2 unspecified atom stereocenters. The minimum absolute atomic E-state index is 0. The third kappa shape index (κ3) is 20.1. The summed E-state index contributed by atoms with van der Waals surface area (Å²) in [4.78, 5) is 34.2. The van der Waals surface area contributed by atoms with Crippen LogP contribution in [0.4, 0.5) is 10.4 Å². The Morgan fingerprint density at radius 2 is 1.30 bits per heavy atom. The van der Waals surface area contributed by atoms with Gasteiger partial charge in [-0.05, 0) is 64.8 Å². The number of unbranched alkanes of at least 4 members (excludes halogenated alkanes) is 4. The number of nitrogens with one attached hydrogen (secondary N) is 1. The zero-order valence-corrected chi connectivity index (χ0v) is 25.6. The lowest BCUT2D eigenvalue weighted by Gasteiger charge is -2.24. The van der Waals surface area contributed by atoms with E-state index in [9.17, 15) is 22.8 Å². The lowest BCUT2D eigenvalue weighted by molar-refractivity contribution is -0.137. The average Bonchev–Trinajstić information content (AvgIpc) is 2.92. The predicted molar refractivity (Wildman–Crippen MR) is 191 cm³/mol. The summed E-state index contributed by atoms with van der Waals surface area (Å²) in [5.74, 6) is 0.0503. The smallest absolute Gasteiger partial charge is 0.341 e. The van der Waals surface area contributed by atoms with Crippen LogP contribution >= 0.6 is 0 Å². The van der Waals surface area contributed by atoms with Gasteiger partial charge in [0.2, 0.25) is 5.91 Å². The van der Waals surface area contributed by atoms with Gasteiger partial charge >= 0.3 is 10.1 Å². The first kappa shape index (κ1) is 55.3. The van der Waals surface area contributed by atoms with Crippen LogP contribution in [0.25, 0.3) is 0 Å². The van der Waals surface area contributed by atoms with Crippen molar-refractivity contribution in [2.24, 2.45) is 0 Å². The Hall–Kier alpha value is -3.15. The molecule has 2 aromatic carbocycles. The van der Waals surface area contributed by atoms with Crippen molar-refractivity contribution in [2.75, 3.05) is 19.5 Å². The van der Waals surface area contributed by atoms with Crippen molar-refractivity contribution in [3.8, 4) is 5.75 Å². The van der Waals surface area contributed by atoms with Crippen molar-refractivity contribution < 1.29 is 41.2 Å². The third-order valence-electron chi connectivity index (χ3n) is 6.56. The van der Waals surface area contributed by atoms with E-state index in [0.29, 0.717) is 12.8 Å². The number of hydrogen-bond acceptors (Lipinski definition) is 8. The minimum atomic E-state index is -4.09. The zero-order valence-electron chi connectivity index (χ0n) is 24.8. The lowest BCUT2D eigenvalue weighted by Crippen LogP contribution is -2.35. The van der Waals surface area contributed by atoms with E-state index in [-0.39, 0.29) is 88.2 Å². The highest BCUT2D eigenvalue weighted by atomic mass is 32.2. The Labute approximate surface area is 280 Å². The number of amides is 1. The Balaban J connectivity index is -0.000000277. The van der Waals surface area contributed by atoms with Crippen LogP contribution in [0.2, 0.25) is 0 Å². The molecule has 0 aliphatic rings. The van der Waals surface area contributed by atoms with Gasteiger partial charge in [0.1, 0.15) is 22.4 Å². The lowest BCUT2D eigenvalue weighted by atomic mass is 9.94. The first-order valence-electron chi connectivity index (χ1n) is 13.3. The highest BCUT2D eigenvalue weighted by Gasteiger charge is 2.28. The first-order chi connectivity index (χ1) is 18.9. The number of ketones is 2. The topological polar surface area (TPSA) is 125 Å². The largest absolute Gasteiger partial charge is 0.379 e. The molecule has 0 radical (unpaired) electrons. The van der Waals surface area contributed by atoms with E-state index < -0.39 is 15.7 Å². The monoisotopic (exact) mass is 677 g/mol. The van der Waals surface area contributed by atoms with E-state index in [1.807, 2.05) is 6.92 Å². The van der Waals surface area contributed by atoms with E-state index in [1.165, 1.54) is 20.1 Å². The Morgan fingerprint density at radius 3 is 1.78 bits per heavy atom. The second-order valence-corrected chi connectivity index (χ2v) is 11.2. The van der Waals surface area contributed by atoms with Crippen LogP contribution in [0.5, 0.6) is 5.75 Å². The number of benzene rings is 2. The Bertz CT molecular complexity index is 1190. The molecule has 46 heavy (non-hydrogen) atoms. The van der Waals surface area contributed by atoms with Gasteiger partial charge in [-0.1, -0.05) is 93.1 Å². The maximum Gasteiger partial charge on any atom is 0.341 e. The number of ether oxygens (including phenoxy) is 2. The van der Waals surface area contributed by atoms with Crippen LogP contribution in [0.3, 0.4) is 0 Å². The normalized spacial score (nSPS) is 11.5. The molecular weight excluding hydrogens is 613 g/mol. The number of carbonyl (C=O) groups is 3. The van der Waals surface area contributed by atoms with Gasteiger partial charge in [-0.3, -0.25) is 19.1 Å². The summed E-state index contributed by atoms with van der Waals surface area (Å²) in [6, 6.07) is 14.4. The van der Waals surface area contributed by atoms with Gasteiger partial charge < -0.3 is 19.0 Å². The number of carbonyl (C=O) groups excluding carboxylic acids is 3. The van der Waals surface area contributed by atoms with Gasteiger partial charge in [-0.25, -0.2) is 0 Å². The van der Waals surface area contributed by atoms with Crippen molar-refractivity contribution in [1.29, 1.82) is 0 Å². The summed E-state index contributed by atoms with van der Waals surface area (Å²) < 4.78 is 40.6. The second kappa shape index (κ2) is 28.1. The first-order valence-corrected chi connectivity index (χ1v) is 14.7. The molecule has 9 nitrogen and oxygen atoms in total. The van der Waals surface area contributed by atoms with Crippen molar-refractivity contribution in [2.45, 2.75) is 126 Å². The number of Topliss-reactive ketones (excluding diaryl/α,β-unsaturated/α-hetero) is 2. The van der Waals surface area contributed by atoms with Crippen molar-refractivity contribution in [3.05, 3.63) is 54.6 Å². The van der Waals surface area contributed by atoms with Crippen molar-refractivity contribution >= 4 is 33.3 Å². The molecule has 11 heteroatoms. The van der Waals surface area contributed by atoms with Crippen LogP contribution < -0.4 is 9.50 Å². The number of hydrogen-bond donors (Lipinski definition) is 1. The molecule has 0 aliphatic carbocycles. The standard InChI is InChI=1S/C25H33NO6S.C5H10O2.5CH4.FH/c1-20(27)25(2,31-3)19-13-6-4-5-10-18-24(28)26-22-16-11-12-17-23(22)33(29,30)32-21-14-8-7-9-15-21;1-4(6)5(2)7-3;;;;;;/h7-9,11-12,14-17H,4-6,10,13,18-19H2,1-3H3,(H,26,28);5H,1-3H3;5*1H4;1H. The number of methoxy groups -OCH3 is 2. The quantitative estimate of drug-likeness (QED) is 0.138. The predicted octanol–water partition coefficient (Wildman–Crippen LogP) is 9.06. The summed E-state index contributed by atoms with van der Waals surface area (Å²) in [6.07, 6.45) is 5.06. The fraction of sp³-hybridized carbons (Fsp3) is 0.571. The molecule has 0 saturated carbocycles. The second-order valence-electron chi connectivity index (χ2n) is 9.64. The molecule has 0 aromatic heterocycles. The summed E-state index contributed by atoms with van der Waals surface area (Å²) >= 11 is 0. The maximum atomic E-state index is 12.7. The van der Waals surface area contributed by atoms with Gasteiger partial charge in [-0.15, -0.1) is 0 Å². The molecule has 0 fully saturated rings. The van der Waals surface area contributed by atoms with Gasteiger partial charge in [0.25, 0.3) is 0 Å². The van der Waals surface area contributed by atoms with E-state index in [0.717, 1.165) is 25.7 Å². The SMILES string of the molecule is C.C.C.C.C.COC(C)(CCCCCCCC(=O)Nc1ccccc1S(=O)(=O)Oc1ccccc1)C(C)=O.COC(C)C(C)=O.F. The molecular formula is C35H64FNO8S. The zero-order chi connectivity index (χ0) is 30.2. The van der Waals surface area contributed by atoms with E-state index in [2.05, 4.69) is 10.1 Å².